The van der Waals surface area contributed by atoms with E-state index in [2.05, 4.69) is 0 Å². The van der Waals surface area contributed by atoms with Crippen LogP contribution in [-0.4, -0.2) is 25.0 Å². The average molecular weight is 386 g/mol. The third kappa shape index (κ3) is 5.22. The normalized spacial score (nSPS) is 10.1. The summed E-state index contributed by atoms with van der Waals surface area (Å²) in [5, 5.41) is 9.23. The van der Waals surface area contributed by atoms with Crippen molar-refractivity contribution in [2.75, 3.05) is 18.1 Å². The first kappa shape index (κ1) is 20.3. The lowest BCUT2D eigenvalue weighted by Gasteiger charge is -2.23. The quantitative estimate of drug-likeness (QED) is 0.790. The van der Waals surface area contributed by atoms with Crippen molar-refractivity contribution in [1.29, 1.82) is 5.26 Å². The Morgan fingerprint density at radius 2 is 1.93 bits per heavy atom. The van der Waals surface area contributed by atoms with E-state index < -0.39 is 5.91 Å². The van der Waals surface area contributed by atoms with Gasteiger partial charge in [-0.1, -0.05) is 17.7 Å². The van der Waals surface area contributed by atoms with Gasteiger partial charge in [0.15, 0.2) is 6.61 Å². The summed E-state index contributed by atoms with van der Waals surface area (Å²) in [4.78, 5) is 25.7. The summed E-state index contributed by atoms with van der Waals surface area (Å²) < 4.78 is 5.52. The van der Waals surface area contributed by atoms with Gasteiger partial charge in [-0.05, 0) is 55.3 Å². The number of amides is 2. The summed E-state index contributed by atoms with van der Waals surface area (Å²) in [7, 11) is 0. The third-order valence-corrected chi connectivity index (χ3v) is 4.34. The van der Waals surface area contributed by atoms with Crippen LogP contribution < -0.4 is 15.4 Å². The van der Waals surface area contributed by atoms with E-state index in [4.69, 9.17) is 27.3 Å². The summed E-state index contributed by atoms with van der Waals surface area (Å²) in [5.74, 6) is -0.852. The van der Waals surface area contributed by atoms with Crippen molar-refractivity contribution in [2.45, 2.75) is 20.3 Å². The van der Waals surface area contributed by atoms with Crippen molar-refractivity contribution in [2.24, 2.45) is 5.73 Å². The second kappa shape index (κ2) is 9.06. The Bertz CT molecular complexity index is 906. The number of carbonyl (C=O) groups is 2. The Morgan fingerprint density at radius 3 is 2.56 bits per heavy atom. The first-order chi connectivity index (χ1) is 12.8. The van der Waals surface area contributed by atoms with Crippen molar-refractivity contribution in [1.82, 2.24) is 0 Å². The lowest BCUT2D eigenvalue weighted by atomic mass is 10.1. The number of primary amides is 1. The topological polar surface area (TPSA) is 96.4 Å². The minimum absolute atomic E-state index is 0.102. The first-order valence-corrected chi connectivity index (χ1v) is 8.68. The van der Waals surface area contributed by atoms with Crippen LogP contribution in [0.5, 0.6) is 5.75 Å². The molecule has 2 aromatic carbocycles. The highest BCUT2D eigenvalue weighted by atomic mass is 35.5. The minimum atomic E-state index is -0.699. The van der Waals surface area contributed by atoms with Gasteiger partial charge in [0.1, 0.15) is 5.75 Å². The fourth-order valence-corrected chi connectivity index (χ4v) is 2.66. The summed E-state index contributed by atoms with van der Waals surface area (Å²) in [6.45, 7) is 3.87. The molecule has 0 aromatic heterocycles. The molecule has 2 rings (SSSR count). The van der Waals surface area contributed by atoms with E-state index in [-0.39, 0.29) is 36.8 Å². The van der Waals surface area contributed by atoms with Crippen LogP contribution in [0.15, 0.2) is 36.4 Å². The highest BCUT2D eigenvalue weighted by Crippen LogP contribution is 2.23. The van der Waals surface area contributed by atoms with Crippen LogP contribution in [0.4, 0.5) is 5.69 Å². The molecule has 0 saturated carbocycles. The molecule has 0 unspecified atom stereocenters. The van der Waals surface area contributed by atoms with E-state index in [0.29, 0.717) is 10.7 Å². The molecule has 0 spiro atoms. The van der Waals surface area contributed by atoms with Gasteiger partial charge in [-0.3, -0.25) is 9.59 Å². The Kier molecular flexibility index (Phi) is 6.80. The number of hydrogen-bond acceptors (Lipinski definition) is 4. The van der Waals surface area contributed by atoms with Crippen LogP contribution in [0.25, 0.3) is 0 Å². The molecule has 0 bridgehead atoms. The zero-order chi connectivity index (χ0) is 20.0. The van der Waals surface area contributed by atoms with E-state index in [0.717, 1.165) is 11.1 Å². The maximum absolute atomic E-state index is 12.7. The van der Waals surface area contributed by atoms with Crippen molar-refractivity contribution < 1.29 is 14.3 Å². The predicted molar refractivity (Wildman–Crippen MR) is 104 cm³/mol. The standard InChI is InChI=1S/C20H20ClN3O3/c1-13-4-6-16(10-14(13)2)24(9-3-8-22)19(25)12-27-18-7-5-15(21)11-17(18)20(23)26/h4-7,10-11H,3,9,12H2,1-2H3,(H2,23,26). The van der Waals surface area contributed by atoms with E-state index in [1.807, 2.05) is 38.1 Å². The van der Waals surface area contributed by atoms with Gasteiger partial charge in [0.25, 0.3) is 11.8 Å². The number of nitrogens with zero attached hydrogens (tertiary/aromatic N) is 2. The van der Waals surface area contributed by atoms with Gasteiger partial charge >= 0.3 is 0 Å². The van der Waals surface area contributed by atoms with Gasteiger partial charge in [0.2, 0.25) is 0 Å². The molecule has 140 valence electrons. The van der Waals surface area contributed by atoms with Crippen LogP contribution in [0.2, 0.25) is 5.02 Å². The number of nitriles is 1. The first-order valence-electron chi connectivity index (χ1n) is 8.30. The van der Waals surface area contributed by atoms with Crippen molar-refractivity contribution in [3.63, 3.8) is 0 Å². The number of rotatable bonds is 7. The summed E-state index contributed by atoms with van der Waals surface area (Å²) in [6.07, 6.45) is 0.187. The van der Waals surface area contributed by atoms with E-state index >= 15 is 0 Å². The van der Waals surface area contributed by atoms with Gasteiger partial charge in [-0.25, -0.2) is 0 Å². The number of benzene rings is 2. The monoisotopic (exact) mass is 385 g/mol. The zero-order valence-corrected chi connectivity index (χ0v) is 15.9. The van der Waals surface area contributed by atoms with E-state index in [9.17, 15) is 9.59 Å². The second-order valence-corrected chi connectivity index (χ2v) is 6.45. The number of anilines is 1. The number of ether oxygens (including phenoxy) is 1. The van der Waals surface area contributed by atoms with Crippen LogP contribution in [0, 0.1) is 25.2 Å². The maximum Gasteiger partial charge on any atom is 0.264 e. The summed E-state index contributed by atoms with van der Waals surface area (Å²) in [6, 6.07) is 12.1. The van der Waals surface area contributed by atoms with Crippen molar-refractivity contribution >= 4 is 29.1 Å². The van der Waals surface area contributed by atoms with Gasteiger partial charge < -0.3 is 15.4 Å². The zero-order valence-electron chi connectivity index (χ0n) is 15.2. The summed E-state index contributed by atoms with van der Waals surface area (Å²) >= 11 is 5.87. The number of nitrogens with two attached hydrogens (primary N) is 1. The molecule has 0 aliphatic carbocycles. The molecular weight excluding hydrogens is 366 g/mol. The van der Waals surface area contributed by atoms with Crippen molar-refractivity contribution in [3.05, 3.63) is 58.1 Å². The highest BCUT2D eigenvalue weighted by Gasteiger charge is 2.18. The van der Waals surface area contributed by atoms with Crippen LogP contribution in [0.1, 0.15) is 27.9 Å². The number of halogens is 1. The lowest BCUT2D eigenvalue weighted by molar-refractivity contribution is -0.120. The van der Waals surface area contributed by atoms with E-state index in [1.54, 1.807) is 6.07 Å². The fraction of sp³-hybridized carbons (Fsp3) is 0.250. The van der Waals surface area contributed by atoms with Gasteiger partial charge in [0, 0.05) is 17.3 Å². The number of carbonyl (C=O) groups excluding carboxylic acids is 2. The molecular formula is C20H20ClN3O3. The molecule has 6 nitrogen and oxygen atoms in total. The molecule has 2 aromatic rings. The average Bonchev–Trinajstić information content (AvgIpc) is 2.63. The Morgan fingerprint density at radius 1 is 1.19 bits per heavy atom. The molecule has 27 heavy (non-hydrogen) atoms. The second-order valence-electron chi connectivity index (χ2n) is 6.02. The van der Waals surface area contributed by atoms with Crippen LogP contribution >= 0.6 is 11.6 Å². The maximum atomic E-state index is 12.7. The predicted octanol–water partition coefficient (Wildman–Crippen LogP) is 3.38. The molecule has 2 N–H and O–H groups in total. The number of aryl methyl sites for hydroxylation is 2. The minimum Gasteiger partial charge on any atom is -0.483 e. The highest BCUT2D eigenvalue weighted by molar-refractivity contribution is 6.31. The molecule has 0 radical (unpaired) electrons. The lowest BCUT2D eigenvalue weighted by Crippen LogP contribution is -2.36. The Labute approximate surface area is 163 Å². The molecule has 0 aliphatic heterocycles. The number of hydrogen-bond donors (Lipinski definition) is 1. The summed E-state index contributed by atoms with van der Waals surface area (Å²) in [5.41, 5.74) is 8.26. The molecule has 0 heterocycles. The Hall–Kier alpha value is -3.04. The Balaban J connectivity index is 2.20. The van der Waals surface area contributed by atoms with Gasteiger partial charge in [-0.15, -0.1) is 0 Å². The third-order valence-electron chi connectivity index (χ3n) is 4.11. The van der Waals surface area contributed by atoms with Crippen LogP contribution in [-0.2, 0) is 4.79 Å². The smallest absolute Gasteiger partial charge is 0.264 e. The largest absolute Gasteiger partial charge is 0.483 e. The molecule has 0 aliphatic rings. The van der Waals surface area contributed by atoms with Crippen molar-refractivity contribution in [3.8, 4) is 11.8 Å². The molecule has 0 saturated heterocycles. The molecule has 0 atom stereocenters. The van der Waals surface area contributed by atoms with Gasteiger partial charge in [-0.2, -0.15) is 5.26 Å². The molecule has 2 amide bonds. The molecule has 0 fully saturated rings. The fourth-order valence-electron chi connectivity index (χ4n) is 2.49. The molecule has 7 heteroatoms. The SMILES string of the molecule is Cc1ccc(N(CCC#N)C(=O)COc2ccc(Cl)cc2C(N)=O)cc1C. The van der Waals surface area contributed by atoms with E-state index in [1.165, 1.54) is 17.0 Å². The van der Waals surface area contributed by atoms with Crippen LogP contribution in [0.3, 0.4) is 0 Å². The van der Waals surface area contributed by atoms with Gasteiger partial charge in [0.05, 0.1) is 18.1 Å².